The first-order valence-corrected chi connectivity index (χ1v) is 5.41. The van der Waals surface area contributed by atoms with Crippen molar-refractivity contribution >= 4 is 26.7 Å². The molecule has 0 aliphatic heterocycles. The lowest BCUT2D eigenvalue weighted by Crippen LogP contribution is -1.86. The van der Waals surface area contributed by atoms with Gasteiger partial charge in [-0.1, -0.05) is 58.4 Å². The summed E-state index contributed by atoms with van der Waals surface area (Å²) in [6, 6.07) is 14.3. The van der Waals surface area contributed by atoms with Crippen molar-refractivity contribution in [3.63, 3.8) is 0 Å². The molecule has 0 bridgehead atoms. The van der Waals surface area contributed by atoms with Gasteiger partial charge in [0.05, 0.1) is 0 Å². The molecule has 2 aromatic rings. The summed E-state index contributed by atoms with van der Waals surface area (Å²) in [5.74, 6) is 0. The second-order valence-electron chi connectivity index (χ2n) is 2.93. The summed E-state index contributed by atoms with van der Waals surface area (Å²) < 4.78 is 7.90. The number of hydrogen-bond acceptors (Lipinski definition) is 0. The van der Waals surface area contributed by atoms with E-state index >= 15 is 0 Å². The molecule has 0 saturated heterocycles. The van der Waals surface area contributed by atoms with Crippen molar-refractivity contribution in [2.45, 2.75) is 6.40 Å². The second-order valence-corrected chi connectivity index (χ2v) is 3.57. The van der Waals surface area contributed by atoms with Crippen molar-refractivity contribution in [1.29, 1.82) is 0 Å². The van der Waals surface area contributed by atoms with Gasteiger partial charge in [-0.15, -0.1) is 0 Å². The van der Waals surface area contributed by atoms with Crippen LogP contribution in [0.5, 0.6) is 0 Å². The van der Waals surface area contributed by atoms with Crippen molar-refractivity contribution in [1.82, 2.24) is 0 Å². The van der Waals surface area contributed by atoms with Gasteiger partial charge in [-0.2, -0.15) is 0 Å². The van der Waals surface area contributed by atoms with Crippen LogP contribution in [0.4, 0.5) is 0 Å². The molecule has 66 valence electrons. The number of hydrogen-bond donors (Lipinski definition) is 0. The molecule has 1 unspecified atom stereocenters. The van der Waals surface area contributed by atoms with Crippen molar-refractivity contribution in [3.05, 3.63) is 48.0 Å². The zero-order valence-corrected chi connectivity index (χ0v) is 8.79. The van der Waals surface area contributed by atoms with Crippen molar-refractivity contribution in [2.75, 3.05) is 5.33 Å². The zero-order valence-electron chi connectivity index (χ0n) is 8.20. The van der Waals surface area contributed by atoms with Gasteiger partial charge in [-0.3, -0.25) is 0 Å². The minimum absolute atomic E-state index is 0.180. The van der Waals surface area contributed by atoms with E-state index in [1.165, 1.54) is 10.8 Å². The Labute approximate surface area is 88.1 Å². The van der Waals surface area contributed by atoms with Gasteiger partial charge in [0.2, 0.25) is 0 Å². The fourth-order valence-corrected chi connectivity index (χ4v) is 1.86. The standard InChI is InChI=1S/C12H11Br/c13-9-8-11-6-3-5-10-4-1-2-7-12(10)11/h1-7H,8-9H2/i8T. The summed E-state index contributed by atoms with van der Waals surface area (Å²) >= 11 is 3.35. The van der Waals surface area contributed by atoms with Gasteiger partial charge in [-0.05, 0) is 22.7 Å². The van der Waals surface area contributed by atoms with E-state index in [4.69, 9.17) is 1.37 Å². The fourth-order valence-electron chi connectivity index (χ4n) is 1.51. The molecule has 2 aromatic carbocycles. The van der Waals surface area contributed by atoms with Gasteiger partial charge in [0.1, 0.15) is 0 Å². The highest BCUT2D eigenvalue weighted by Crippen LogP contribution is 2.19. The number of aryl methyl sites for hydroxylation is 1. The summed E-state index contributed by atoms with van der Waals surface area (Å²) in [7, 11) is 0. The van der Waals surface area contributed by atoms with Crippen LogP contribution in [-0.2, 0) is 6.40 Å². The van der Waals surface area contributed by atoms with Crippen LogP contribution in [0.1, 0.15) is 6.93 Å². The van der Waals surface area contributed by atoms with Crippen LogP contribution in [0.2, 0.25) is 0 Å². The third kappa shape index (κ3) is 1.75. The predicted molar refractivity (Wildman–Crippen MR) is 61.4 cm³/mol. The number of fused-ring (bicyclic) bond motifs is 1. The fraction of sp³-hybridized carbons (Fsp3) is 0.167. The molecule has 0 amide bonds. The molecule has 0 heterocycles. The molecule has 13 heavy (non-hydrogen) atoms. The van der Waals surface area contributed by atoms with Crippen molar-refractivity contribution < 1.29 is 1.37 Å². The van der Waals surface area contributed by atoms with Crippen LogP contribution >= 0.6 is 15.9 Å². The monoisotopic (exact) mass is 236 g/mol. The minimum atomic E-state index is -0.180. The van der Waals surface area contributed by atoms with Crippen molar-refractivity contribution in [2.24, 2.45) is 0 Å². The molecule has 1 atom stereocenters. The average molecular weight is 237 g/mol. The van der Waals surface area contributed by atoms with E-state index in [9.17, 15) is 0 Å². The van der Waals surface area contributed by atoms with Gasteiger partial charge in [0.25, 0.3) is 0 Å². The van der Waals surface area contributed by atoms with Gasteiger partial charge < -0.3 is 0 Å². The quantitative estimate of drug-likeness (QED) is 0.697. The van der Waals surface area contributed by atoms with Crippen LogP contribution < -0.4 is 0 Å². The van der Waals surface area contributed by atoms with Crippen molar-refractivity contribution in [3.8, 4) is 0 Å². The van der Waals surface area contributed by atoms with Crippen LogP contribution in [0.3, 0.4) is 0 Å². The van der Waals surface area contributed by atoms with Gasteiger partial charge in [-0.25, -0.2) is 0 Å². The lowest BCUT2D eigenvalue weighted by atomic mass is 10.0. The maximum absolute atomic E-state index is 7.90. The molecule has 0 nitrogen and oxygen atoms in total. The normalized spacial score (nSPS) is 14.1. The molecule has 0 aliphatic carbocycles. The third-order valence-corrected chi connectivity index (χ3v) is 2.44. The van der Waals surface area contributed by atoms with E-state index in [0.717, 1.165) is 5.56 Å². The summed E-state index contributed by atoms with van der Waals surface area (Å²) in [5.41, 5.74) is 1.10. The molecule has 0 aromatic heterocycles. The molecule has 1 heteroatoms. The molecule has 0 fully saturated rings. The Hall–Kier alpha value is -0.820. The number of alkyl halides is 1. The SMILES string of the molecule is [3H]C(CBr)c1cccc2ccccc12. The lowest BCUT2D eigenvalue weighted by Gasteiger charge is -2.03. The number of rotatable bonds is 2. The molecular formula is C12H11Br. The summed E-state index contributed by atoms with van der Waals surface area (Å²) in [6.45, 7) is 0. The van der Waals surface area contributed by atoms with Crippen LogP contribution in [0, 0.1) is 0 Å². The highest BCUT2D eigenvalue weighted by atomic mass is 79.9. The van der Waals surface area contributed by atoms with Crippen LogP contribution in [0.15, 0.2) is 42.5 Å². The number of halogens is 1. The minimum Gasteiger partial charge on any atom is -0.0924 e. The zero-order chi connectivity index (χ0) is 9.97. The molecule has 0 radical (unpaired) electrons. The van der Waals surface area contributed by atoms with E-state index in [0.29, 0.717) is 5.33 Å². The first-order chi connectivity index (χ1) is 6.83. The summed E-state index contributed by atoms with van der Waals surface area (Å²) in [6.07, 6.45) is -0.180. The maximum Gasteiger partial charge on any atom is 0.0325 e. The maximum atomic E-state index is 7.90. The molecule has 0 N–H and O–H groups in total. The van der Waals surface area contributed by atoms with E-state index in [1.807, 2.05) is 24.3 Å². The third-order valence-electron chi connectivity index (χ3n) is 2.12. The highest BCUT2D eigenvalue weighted by Gasteiger charge is 1.97. The summed E-state index contributed by atoms with van der Waals surface area (Å²) in [4.78, 5) is 0. The summed E-state index contributed by atoms with van der Waals surface area (Å²) in [5, 5.41) is 3.08. The topological polar surface area (TPSA) is 0 Å². The van der Waals surface area contributed by atoms with Gasteiger partial charge >= 0.3 is 0 Å². The first kappa shape index (κ1) is 7.57. The molecule has 0 saturated carbocycles. The lowest BCUT2D eigenvalue weighted by molar-refractivity contribution is 1.19. The number of benzene rings is 2. The Morgan fingerprint density at radius 1 is 1.08 bits per heavy atom. The Morgan fingerprint density at radius 3 is 2.69 bits per heavy atom. The molecule has 2 rings (SSSR count). The van der Waals surface area contributed by atoms with Crippen LogP contribution in [-0.4, -0.2) is 5.33 Å². The largest absolute Gasteiger partial charge is 0.0924 e. The molecule has 0 spiro atoms. The Balaban J connectivity index is 2.65. The van der Waals surface area contributed by atoms with Gasteiger partial charge in [0.15, 0.2) is 0 Å². The van der Waals surface area contributed by atoms with E-state index in [-0.39, 0.29) is 6.40 Å². The second kappa shape index (κ2) is 3.93. The van der Waals surface area contributed by atoms with E-state index in [2.05, 4.69) is 34.1 Å². The molecular weight excluding hydrogens is 224 g/mol. The van der Waals surface area contributed by atoms with E-state index in [1.54, 1.807) is 0 Å². The Morgan fingerprint density at radius 2 is 1.85 bits per heavy atom. The predicted octanol–water partition coefficient (Wildman–Crippen LogP) is 3.78. The van der Waals surface area contributed by atoms with E-state index < -0.39 is 0 Å². The Bertz CT molecular complexity index is 434. The Kier molecular flexibility index (Phi) is 2.29. The van der Waals surface area contributed by atoms with Crippen LogP contribution in [0.25, 0.3) is 10.8 Å². The van der Waals surface area contributed by atoms with Gasteiger partial charge in [0, 0.05) is 6.70 Å². The smallest absolute Gasteiger partial charge is 0.0325 e. The average Bonchev–Trinajstić information content (AvgIpc) is 2.27. The highest BCUT2D eigenvalue weighted by molar-refractivity contribution is 9.09. The first-order valence-electron chi connectivity index (χ1n) is 4.86. The molecule has 0 aliphatic rings.